The molecule has 144 valence electrons. The van der Waals surface area contributed by atoms with Crippen LogP contribution in [0.2, 0.25) is 0 Å². The third-order valence-corrected chi connectivity index (χ3v) is 4.92. The Bertz CT molecular complexity index is 833. The first-order chi connectivity index (χ1) is 12.7. The molecule has 0 unspecified atom stereocenters. The van der Waals surface area contributed by atoms with Gasteiger partial charge in [-0.1, -0.05) is 59.1 Å². The number of amides is 1. The maximum absolute atomic E-state index is 12.5. The number of benzene rings is 2. The number of rotatable bonds is 5. The van der Waals surface area contributed by atoms with Crippen LogP contribution in [0.1, 0.15) is 10.4 Å². The minimum atomic E-state index is -1.86. The maximum Gasteiger partial charge on any atom is 0.254 e. The predicted molar refractivity (Wildman–Crippen MR) is 118 cm³/mol. The Morgan fingerprint density at radius 1 is 1.11 bits per heavy atom. The Kier molecular flexibility index (Phi) is 8.00. The molecule has 0 aliphatic carbocycles. The highest BCUT2D eigenvalue weighted by molar-refractivity contribution is 9.10. The van der Waals surface area contributed by atoms with Crippen molar-refractivity contribution < 1.29 is 9.53 Å². The zero-order valence-corrected chi connectivity index (χ0v) is 18.6. The van der Waals surface area contributed by atoms with Crippen LogP contribution in [0.3, 0.4) is 0 Å². The molecule has 1 atom stereocenters. The molecule has 3 N–H and O–H groups in total. The van der Waals surface area contributed by atoms with E-state index in [9.17, 15) is 4.79 Å². The molecular formula is C17H15BrCl3N3O2S. The fourth-order valence-electron chi connectivity index (χ4n) is 2.09. The number of methoxy groups -OCH3 is 1. The van der Waals surface area contributed by atoms with Gasteiger partial charge < -0.3 is 20.7 Å². The first kappa shape index (κ1) is 22.0. The van der Waals surface area contributed by atoms with E-state index >= 15 is 0 Å². The number of anilines is 1. The van der Waals surface area contributed by atoms with E-state index in [-0.39, 0.29) is 5.11 Å². The topological polar surface area (TPSA) is 62.4 Å². The number of thiocarbonyl (C=S) groups is 1. The van der Waals surface area contributed by atoms with Crippen LogP contribution in [0, 0.1) is 0 Å². The van der Waals surface area contributed by atoms with Crippen molar-refractivity contribution in [2.75, 3.05) is 12.4 Å². The van der Waals surface area contributed by atoms with E-state index in [2.05, 4.69) is 31.9 Å². The van der Waals surface area contributed by atoms with Gasteiger partial charge in [0.1, 0.15) is 11.9 Å². The van der Waals surface area contributed by atoms with E-state index in [4.69, 9.17) is 51.8 Å². The number of carbonyl (C=O) groups is 1. The Hall–Kier alpha value is -1.25. The maximum atomic E-state index is 12.5. The summed E-state index contributed by atoms with van der Waals surface area (Å²) in [7, 11) is 1.54. The Morgan fingerprint density at radius 2 is 1.74 bits per heavy atom. The summed E-state index contributed by atoms with van der Waals surface area (Å²) in [6.07, 6.45) is -1.09. The standard InChI is InChI=1S/C17H15BrCl3N3O2S/c1-26-13-9-5-4-8-12(13)22-16(27)24-15(17(19,20)21)23-14(25)10-6-2-3-7-11(10)18/h2-9,15H,1H3,(H,23,25)(H2,22,24,27)/t15-/m1/s1. The van der Waals surface area contributed by atoms with Gasteiger partial charge >= 0.3 is 0 Å². The van der Waals surface area contributed by atoms with Crippen LogP contribution in [-0.4, -0.2) is 28.1 Å². The number of carbonyl (C=O) groups excluding carboxylic acids is 1. The summed E-state index contributed by atoms with van der Waals surface area (Å²) >= 11 is 26.6. The van der Waals surface area contributed by atoms with Crippen molar-refractivity contribution >= 4 is 79.7 Å². The average molecular weight is 512 g/mol. The van der Waals surface area contributed by atoms with Crippen LogP contribution in [0.25, 0.3) is 0 Å². The van der Waals surface area contributed by atoms with E-state index in [1.165, 1.54) is 0 Å². The van der Waals surface area contributed by atoms with Crippen LogP contribution in [0.4, 0.5) is 5.69 Å². The molecule has 0 radical (unpaired) electrons. The van der Waals surface area contributed by atoms with Gasteiger partial charge in [-0.05, 0) is 52.4 Å². The van der Waals surface area contributed by atoms with Crippen molar-refractivity contribution in [3.8, 4) is 5.75 Å². The molecule has 0 aliphatic rings. The SMILES string of the molecule is COc1ccccc1NC(=S)N[C@@H](NC(=O)c1ccccc1Br)C(Cl)(Cl)Cl. The third-order valence-electron chi connectivity index (χ3n) is 3.35. The Morgan fingerprint density at radius 3 is 2.37 bits per heavy atom. The molecule has 0 spiro atoms. The van der Waals surface area contributed by atoms with Crippen molar-refractivity contribution in [3.63, 3.8) is 0 Å². The number of para-hydroxylation sites is 2. The van der Waals surface area contributed by atoms with Gasteiger partial charge in [-0.15, -0.1) is 0 Å². The van der Waals surface area contributed by atoms with Crippen LogP contribution in [-0.2, 0) is 0 Å². The van der Waals surface area contributed by atoms with Gasteiger partial charge in [-0.25, -0.2) is 0 Å². The molecule has 2 rings (SSSR count). The summed E-state index contributed by atoms with van der Waals surface area (Å²) in [4.78, 5) is 12.5. The van der Waals surface area contributed by atoms with Gasteiger partial charge in [0.05, 0.1) is 18.4 Å². The first-order valence-electron chi connectivity index (χ1n) is 7.55. The predicted octanol–water partition coefficient (Wildman–Crippen LogP) is 4.87. The zero-order valence-electron chi connectivity index (χ0n) is 13.9. The van der Waals surface area contributed by atoms with Gasteiger partial charge in [-0.2, -0.15) is 0 Å². The molecule has 2 aromatic carbocycles. The number of hydrogen-bond acceptors (Lipinski definition) is 3. The van der Waals surface area contributed by atoms with Gasteiger partial charge in [0, 0.05) is 4.47 Å². The minimum Gasteiger partial charge on any atom is -0.495 e. The number of alkyl halides is 3. The average Bonchev–Trinajstić information content (AvgIpc) is 2.61. The number of nitrogens with one attached hydrogen (secondary N) is 3. The van der Waals surface area contributed by atoms with Gasteiger partial charge in [0.2, 0.25) is 3.79 Å². The van der Waals surface area contributed by atoms with Crippen molar-refractivity contribution in [1.82, 2.24) is 10.6 Å². The summed E-state index contributed by atoms with van der Waals surface area (Å²) in [5.74, 6) is 0.149. The van der Waals surface area contributed by atoms with Gasteiger partial charge in [0.15, 0.2) is 5.11 Å². The summed E-state index contributed by atoms with van der Waals surface area (Å²) in [6.45, 7) is 0. The quantitative estimate of drug-likeness (QED) is 0.304. The summed E-state index contributed by atoms with van der Waals surface area (Å²) in [5, 5.41) is 8.51. The molecule has 0 bridgehead atoms. The van der Waals surface area contributed by atoms with E-state index in [0.29, 0.717) is 21.5 Å². The van der Waals surface area contributed by atoms with Gasteiger partial charge in [-0.3, -0.25) is 4.79 Å². The molecule has 0 fully saturated rings. The van der Waals surface area contributed by atoms with Crippen molar-refractivity contribution in [2.24, 2.45) is 0 Å². The molecule has 1 amide bonds. The highest BCUT2D eigenvalue weighted by Gasteiger charge is 2.35. The fraction of sp³-hybridized carbons (Fsp3) is 0.176. The highest BCUT2D eigenvalue weighted by Crippen LogP contribution is 2.30. The molecule has 0 heterocycles. The molecule has 0 aromatic heterocycles. The Labute approximate surface area is 185 Å². The molecule has 5 nitrogen and oxygen atoms in total. The second-order valence-corrected chi connectivity index (χ2v) is 8.86. The molecular weight excluding hydrogens is 497 g/mol. The van der Waals surface area contributed by atoms with E-state index in [1.807, 2.05) is 12.1 Å². The lowest BCUT2D eigenvalue weighted by atomic mass is 10.2. The Balaban J connectivity index is 2.12. The van der Waals surface area contributed by atoms with E-state index in [1.54, 1.807) is 43.5 Å². The minimum absolute atomic E-state index is 0.142. The highest BCUT2D eigenvalue weighted by atomic mass is 79.9. The first-order valence-corrected chi connectivity index (χ1v) is 9.88. The van der Waals surface area contributed by atoms with Crippen molar-refractivity contribution in [3.05, 3.63) is 58.6 Å². The van der Waals surface area contributed by atoms with Crippen molar-refractivity contribution in [2.45, 2.75) is 9.96 Å². The van der Waals surface area contributed by atoms with Crippen LogP contribution >= 0.6 is 63.0 Å². The lowest BCUT2D eigenvalue weighted by molar-refractivity contribution is 0.0933. The molecule has 0 saturated heterocycles. The smallest absolute Gasteiger partial charge is 0.254 e. The van der Waals surface area contributed by atoms with E-state index < -0.39 is 15.9 Å². The van der Waals surface area contributed by atoms with Crippen LogP contribution < -0.4 is 20.7 Å². The summed E-state index contributed by atoms with van der Waals surface area (Å²) in [5.41, 5.74) is 1.01. The number of ether oxygens (including phenoxy) is 1. The normalized spacial score (nSPS) is 12.0. The molecule has 2 aromatic rings. The largest absolute Gasteiger partial charge is 0.495 e. The molecule has 0 saturated carbocycles. The second kappa shape index (κ2) is 9.80. The lowest BCUT2D eigenvalue weighted by Crippen LogP contribution is -2.56. The number of hydrogen-bond donors (Lipinski definition) is 3. The van der Waals surface area contributed by atoms with Crippen molar-refractivity contribution in [1.29, 1.82) is 0 Å². The summed E-state index contributed by atoms with van der Waals surface area (Å²) < 4.78 is 4.00. The second-order valence-electron chi connectivity index (χ2n) is 5.23. The number of halogens is 4. The molecule has 0 aliphatic heterocycles. The monoisotopic (exact) mass is 509 g/mol. The van der Waals surface area contributed by atoms with E-state index in [0.717, 1.165) is 0 Å². The zero-order chi connectivity index (χ0) is 20.0. The fourth-order valence-corrected chi connectivity index (χ4v) is 3.11. The molecule has 27 heavy (non-hydrogen) atoms. The van der Waals surface area contributed by atoms with Crippen LogP contribution in [0.5, 0.6) is 5.75 Å². The third kappa shape index (κ3) is 6.40. The molecule has 10 heteroatoms. The summed E-state index contributed by atoms with van der Waals surface area (Å²) in [6, 6.07) is 14.1. The lowest BCUT2D eigenvalue weighted by Gasteiger charge is -2.28. The van der Waals surface area contributed by atoms with Crippen LogP contribution in [0.15, 0.2) is 53.0 Å². The van der Waals surface area contributed by atoms with Gasteiger partial charge in [0.25, 0.3) is 5.91 Å².